The van der Waals surface area contributed by atoms with Crippen LogP contribution in [0, 0.1) is 0 Å². The highest BCUT2D eigenvalue weighted by Crippen LogP contribution is 2.36. The molecule has 2 heterocycles. The lowest BCUT2D eigenvalue weighted by Crippen LogP contribution is -2.13. The van der Waals surface area contributed by atoms with Gasteiger partial charge in [-0.05, 0) is 42.5 Å². The van der Waals surface area contributed by atoms with Crippen molar-refractivity contribution in [2.75, 3.05) is 5.73 Å². The summed E-state index contributed by atoms with van der Waals surface area (Å²) in [5, 5.41) is 4.95. The van der Waals surface area contributed by atoms with Gasteiger partial charge in [-0.25, -0.2) is 14.6 Å². The molecule has 0 spiro atoms. The van der Waals surface area contributed by atoms with E-state index in [4.69, 9.17) is 10.8 Å². The molecule has 0 amide bonds. The molecular formula is C21H19N5. The number of hydrogen-bond acceptors (Lipinski definition) is 4. The lowest BCUT2D eigenvalue weighted by atomic mass is 9.82. The van der Waals surface area contributed by atoms with E-state index >= 15 is 0 Å². The molecule has 1 aliphatic rings. The Morgan fingerprint density at radius 3 is 2.54 bits per heavy atom. The second-order valence-electron chi connectivity index (χ2n) is 6.80. The minimum Gasteiger partial charge on any atom is -0.382 e. The molecule has 4 aromatic rings. The van der Waals surface area contributed by atoms with Crippen LogP contribution in [-0.4, -0.2) is 19.7 Å². The zero-order valence-corrected chi connectivity index (χ0v) is 14.3. The van der Waals surface area contributed by atoms with Crippen LogP contribution < -0.4 is 5.73 Å². The Hall–Kier alpha value is -3.21. The number of fused-ring (bicyclic) bond motifs is 2. The normalized spacial score (nSPS) is 16.5. The summed E-state index contributed by atoms with van der Waals surface area (Å²) in [5.74, 6) is 0.806. The van der Waals surface area contributed by atoms with Crippen molar-refractivity contribution in [3.05, 3.63) is 77.7 Å². The molecule has 0 radical (unpaired) electrons. The van der Waals surface area contributed by atoms with Crippen LogP contribution in [-0.2, 0) is 12.8 Å². The number of benzene rings is 2. The molecular weight excluding hydrogens is 322 g/mol. The summed E-state index contributed by atoms with van der Waals surface area (Å²) in [7, 11) is 0. The van der Waals surface area contributed by atoms with Crippen molar-refractivity contribution in [3.63, 3.8) is 0 Å². The molecule has 1 atom stereocenters. The molecule has 2 N–H and O–H groups in total. The van der Waals surface area contributed by atoms with Crippen LogP contribution in [0.4, 0.5) is 5.82 Å². The average molecular weight is 341 g/mol. The van der Waals surface area contributed by atoms with Gasteiger partial charge in [0.1, 0.15) is 17.4 Å². The van der Waals surface area contributed by atoms with Crippen molar-refractivity contribution in [2.24, 2.45) is 0 Å². The Bertz CT molecular complexity index is 1080. The van der Waals surface area contributed by atoms with Crippen LogP contribution in [0.2, 0.25) is 0 Å². The highest BCUT2D eigenvalue weighted by Gasteiger charge is 2.26. The summed E-state index contributed by atoms with van der Waals surface area (Å²) in [6.07, 6.45) is 4.67. The summed E-state index contributed by atoms with van der Waals surface area (Å²) in [6, 6.07) is 18.7. The molecule has 2 aromatic carbocycles. The topological polar surface area (TPSA) is 69.6 Å². The summed E-state index contributed by atoms with van der Waals surface area (Å²) in [4.78, 5) is 8.74. The van der Waals surface area contributed by atoms with E-state index in [1.807, 2.05) is 35.0 Å². The SMILES string of the molecule is Nc1ncnc2c(C3CCc4ccccc4C3)nn(-c3ccccc3)c12. The number of hydrogen-bond donors (Lipinski definition) is 1. The number of nitrogens with two attached hydrogens (primary N) is 1. The zero-order chi connectivity index (χ0) is 17.5. The average Bonchev–Trinajstić information content (AvgIpc) is 3.09. The molecule has 1 aliphatic carbocycles. The van der Waals surface area contributed by atoms with E-state index in [0.717, 1.165) is 41.7 Å². The minimum absolute atomic E-state index is 0.340. The first-order chi connectivity index (χ1) is 12.8. The van der Waals surface area contributed by atoms with Crippen molar-refractivity contribution in [1.29, 1.82) is 0 Å². The van der Waals surface area contributed by atoms with Crippen molar-refractivity contribution < 1.29 is 0 Å². The summed E-state index contributed by atoms with van der Waals surface area (Å²) in [5.41, 5.74) is 12.7. The summed E-state index contributed by atoms with van der Waals surface area (Å²) >= 11 is 0. The molecule has 128 valence electrons. The maximum absolute atomic E-state index is 6.20. The lowest BCUT2D eigenvalue weighted by Gasteiger charge is -2.23. The molecule has 1 unspecified atom stereocenters. The van der Waals surface area contributed by atoms with E-state index in [-0.39, 0.29) is 0 Å². The predicted molar refractivity (Wildman–Crippen MR) is 102 cm³/mol. The van der Waals surface area contributed by atoms with Gasteiger partial charge >= 0.3 is 0 Å². The zero-order valence-electron chi connectivity index (χ0n) is 14.3. The van der Waals surface area contributed by atoms with Gasteiger partial charge in [-0.2, -0.15) is 5.10 Å². The third-order valence-corrected chi connectivity index (χ3v) is 5.25. The third-order valence-electron chi connectivity index (χ3n) is 5.25. The number of nitrogen functional groups attached to an aromatic ring is 1. The predicted octanol–water partition coefficient (Wildman–Crippen LogP) is 3.67. The molecule has 2 aromatic heterocycles. The number of aromatic nitrogens is 4. The second kappa shape index (κ2) is 5.95. The van der Waals surface area contributed by atoms with Crippen LogP contribution in [0.5, 0.6) is 0 Å². The van der Waals surface area contributed by atoms with Gasteiger partial charge in [-0.3, -0.25) is 0 Å². The lowest BCUT2D eigenvalue weighted by molar-refractivity contribution is 0.567. The second-order valence-corrected chi connectivity index (χ2v) is 6.80. The van der Waals surface area contributed by atoms with E-state index in [1.54, 1.807) is 0 Å². The molecule has 0 fully saturated rings. The van der Waals surface area contributed by atoms with Crippen LogP contribution in [0.15, 0.2) is 60.9 Å². The number of rotatable bonds is 2. The van der Waals surface area contributed by atoms with E-state index in [1.165, 1.54) is 17.5 Å². The first-order valence-electron chi connectivity index (χ1n) is 8.92. The fourth-order valence-corrected chi connectivity index (χ4v) is 3.96. The first-order valence-corrected chi connectivity index (χ1v) is 8.92. The molecule has 0 saturated carbocycles. The summed E-state index contributed by atoms with van der Waals surface area (Å²) < 4.78 is 1.89. The largest absolute Gasteiger partial charge is 0.382 e. The molecule has 26 heavy (non-hydrogen) atoms. The standard InChI is InChI=1S/C21H19N5/c22-21-20-19(23-13-24-21)18(25-26(20)17-8-2-1-3-9-17)16-11-10-14-6-4-5-7-15(14)12-16/h1-9,13,16H,10-12H2,(H2,22,23,24). The molecule has 0 bridgehead atoms. The Labute approximate surface area is 151 Å². The van der Waals surface area contributed by atoms with E-state index < -0.39 is 0 Å². The monoisotopic (exact) mass is 341 g/mol. The van der Waals surface area contributed by atoms with Gasteiger partial charge in [0.15, 0.2) is 5.82 Å². The quantitative estimate of drug-likeness (QED) is 0.604. The number of anilines is 1. The fraction of sp³-hybridized carbons (Fsp3) is 0.190. The highest BCUT2D eigenvalue weighted by atomic mass is 15.3. The maximum Gasteiger partial charge on any atom is 0.153 e. The van der Waals surface area contributed by atoms with Crippen molar-refractivity contribution in [3.8, 4) is 5.69 Å². The smallest absolute Gasteiger partial charge is 0.153 e. The van der Waals surface area contributed by atoms with Gasteiger partial charge in [0.2, 0.25) is 0 Å². The van der Waals surface area contributed by atoms with Gasteiger partial charge in [0, 0.05) is 5.92 Å². The fourth-order valence-electron chi connectivity index (χ4n) is 3.96. The van der Waals surface area contributed by atoms with Crippen molar-refractivity contribution in [1.82, 2.24) is 19.7 Å². The summed E-state index contributed by atoms with van der Waals surface area (Å²) in [6.45, 7) is 0. The van der Waals surface area contributed by atoms with Crippen LogP contribution in [0.1, 0.15) is 29.2 Å². The van der Waals surface area contributed by atoms with Gasteiger partial charge in [0.05, 0.1) is 11.4 Å². The van der Waals surface area contributed by atoms with Crippen molar-refractivity contribution >= 4 is 16.9 Å². The molecule has 0 aliphatic heterocycles. The van der Waals surface area contributed by atoms with E-state index in [9.17, 15) is 0 Å². The van der Waals surface area contributed by atoms with Crippen LogP contribution in [0.3, 0.4) is 0 Å². The molecule has 5 heteroatoms. The number of nitrogens with zero attached hydrogens (tertiary/aromatic N) is 4. The van der Waals surface area contributed by atoms with E-state index in [0.29, 0.717) is 11.7 Å². The van der Waals surface area contributed by atoms with Gasteiger partial charge in [-0.15, -0.1) is 0 Å². The Balaban J connectivity index is 1.67. The maximum atomic E-state index is 6.20. The van der Waals surface area contributed by atoms with Gasteiger partial charge in [-0.1, -0.05) is 42.5 Å². The Morgan fingerprint density at radius 2 is 1.69 bits per heavy atom. The third kappa shape index (κ3) is 2.36. The molecule has 0 saturated heterocycles. The van der Waals surface area contributed by atoms with Crippen molar-refractivity contribution in [2.45, 2.75) is 25.2 Å². The van der Waals surface area contributed by atoms with E-state index in [2.05, 4.69) is 34.2 Å². The highest BCUT2D eigenvalue weighted by molar-refractivity contribution is 5.88. The van der Waals surface area contributed by atoms with Gasteiger partial charge < -0.3 is 5.73 Å². The Morgan fingerprint density at radius 1 is 0.923 bits per heavy atom. The van der Waals surface area contributed by atoms with Crippen LogP contribution >= 0.6 is 0 Å². The molecule has 5 nitrogen and oxygen atoms in total. The first kappa shape index (κ1) is 15.1. The number of aryl methyl sites for hydroxylation is 1. The van der Waals surface area contributed by atoms with Crippen LogP contribution in [0.25, 0.3) is 16.7 Å². The Kier molecular flexibility index (Phi) is 3.45. The minimum atomic E-state index is 0.340. The molecule has 5 rings (SSSR count). The number of para-hydroxylation sites is 1. The van der Waals surface area contributed by atoms with Gasteiger partial charge in [0.25, 0.3) is 0 Å².